The first-order chi connectivity index (χ1) is 61.1. The van der Waals surface area contributed by atoms with Crippen LogP contribution >= 0.6 is 30.9 Å². The van der Waals surface area contributed by atoms with Gasteiger partial charge in [0, 0.05) is 127 Å². The van der Waals surface area contributed by atoms with Gasteiger partial charge in [-0.15, -0.1) is 124 Å². The minimum atomic E-state index is -3.18. The third-order valence-electron chi connectivity index (χ3n) is 24.3. The van der Waals surface area contributed by atoms with E-state index in [1.807, 2.05) is 134 Å². The number of fused-ring (bicyclic) bond motifs is 10. The van der Waals surface area contributed by atoms with Crippen molar-refractivity contribution in [1.29, 1.82) is 0 Å². The summed E-state index contributed by atoms with van der Waals surface area (Å²) in [7, 11) is -4.69. The molecule has 0 unspecified atom stereocenters. The van der Waals surface area contributed by atoms with E-state index in [4.69, 9.17) is 15.0 Å². The fraction of sp³-hybridized carbons (Fsp3) is 0.104. The average molecular weight is 2450 g/mol. The predicted octanol–water partition coefficient (Wildman–Crippen LogP) is 25.1. The molecule has 129 heavy (non-hydrogen) atoms. The number of para-hydroxylation sites is 1. The number of aromatic nitrogens is 5. The first-order valence-electron chi connectivity index (χ1n) is 42.6. The smallest absolute Gasteiger partial charge is 0.153 e. The molecule has 0 amide bonds. The molecule has 21 rings (SSSR count). The van der Waals surface area contributed by atoms with Crippen LogP contribution in [0.1, 0.15) is 66.5 Å². The standard InChI is InChI=1S/C33H29NOP.C31H21NP.C26H18N2P.C25H25NP.4Ir/c1-32(2)27-22-23-14-11-12-20-28(23)34-31(27)26-19-13-21-29(30(26)33(32,3)4)36(35,24-15-7-5-8-16-24)25-17-9-6-10-18-25;1-3-12-26(13-4-1)33(27-14-5-2-6-15-27)28-16-9-11-25(20-28)31-21-24-19-18-23-10-7-8-17-29(23)30(24)22-32-31;1-3-9-22(10-4-1)29(23-11-5-2-6-12-23)24-13-7-8-20(18-24)26-25-15-16-27-19-21(25)14-17-28-26;1-17(2)27(18(3)4)23-11-7-10-22(15-23)25-24-16-20-9-6-5-8-19(20)14-21(24)12-13-26-25;;;;/h5-18,20-22H,1-4H3;1-10,12-22H;1-7,9-19H;5-9,11-18H,1-4H3;;;;/q4*-1;;;;. The van der Waals surface area contributed by atoms with Crippen LogP contribution in [0.4, 0.5) is 0 Å². The van der Waals surface area contributed by atoms with Crippen LogP contribution < -0.4 is 53.0 Å². The van der Waals surface area contributed by atoms with Gasteiger partial charge in [0.05, 0.1) is 5.52 Å². The molecule has 15 aromatic carbocycles. The van der Waals surface area contributed by atoms with Crippen molar-refractivity contribution in [3.63, 3.8) is 0 Å². The summed E-state index contributed by atoms with van der Waals surface area (Å²) in [4.78, 5) is 23.7. The van der Waals surface area contributed by atoms with Crippen LogP contribution in [0.2, 0.25) is 0 Å². The number of rotatable bonds is 15. The first-order valence-corrected chi connectivity index (χ1v) is 48.5. The maximum atomic E-state index is 15.5. The second-order valence-corrected chi connectivity index (χ2v) is 43.7. The second kappa shape index (κ2) is 42.3. The fourth-order valence-electron chi connectivity index (χ4n) is 17.7. The summed E-state index contributed by atoms with van der Waals surface area (Å²) < 4.78 is 15.5. The van der Waals surface area contributed by atoms with Gasteiger partial charge in [-0.2, -0.15) is 0 Å². The Morgan fingerprint density at radius 1 is 0.318 bits per heavy atom. The fourth-order valence-corrected chi connectivity index (χ4v) is 28.3. The van der Waals surface area contributed by atoms with E-state index in [0.29, 0.717) is 11.3 Å². The van der Waals surface area contributed by atoms with E-state index >= 15 is 4.57 Å². The number of pyridine rings is 5. The van der Waals surface area contributed by atoms with Gasteiger partial charge >= 0.3 is 0 Å². The summed E-state index contributed by atoms with van der Waals surface area (Å²) in [6.45, 7) is 18.5. The van der Waals surface area contributed by atoms with Crippen LogP contribution in [0.3, 0.4) is 0 Å². The van der Waals surface area contributed by atoms with Crippen molar-refractivity contribution >= 4 is 149 Å². The van der Waals surface area contributed by atoms with Crippen LogP contribution in [-0.2, 0) is 95.8 Å². The summed E-state index contributed by atoms with van der Waals surface area (Å²) in [6.07, 6.45) is 9.46. The van der Waals surface area contributed by atoms with Gasteiger partial charge in [0.25, 0.3) is 0 Å². The van der Waals surface area contributed by atoms with Crippen molar-refractivity contribution in [2.45, 2.75) is 77.5 Å². The van der Waals surface area contributed by atoms with Gasteiger partial charge in [-0.05, 0) is 166 Å². The van der Waals surface area contributed by atoms with Gasteiger partial charge in [-0.25, -0.2) is 0 Å². The Kier molecular flexibility index (Phi) is 31.1. The molecule has 0 spiro atoms. The van der Waals surface area contributed by atoms with E-state index in [0.717, 1.165) is 88.2 Å². The molecule has 0 fully saturated rings. The number of hydrogen-bond acceptors (Lipinski definition) is 6. The molecule has 0 bridgehead atoms. The van der Waals surface area contributed by atoms with Gasteiger partial charge in [-0.3, -0.25) is 9.97 Å². The van der Waals surface area contributed by atoms with Gasteiger partial charge in [0.1, 0.15) is 0 Å². The summed E-state index contributed by atoms with van der Waals surface area (Å²) >= 11 is 0. The van der Waals surface area contributed by atoms with Crippen LogP contribution in [-0.4, -0.2) is 36.2 Å². The normalized spacial score (nSPS) is 12.3. The summed E-state index contributed by atoms with van der Waals surface area (Å²) in [5, 5.41) is 25.1. The number of benzene rings is 15. The summed E-state index contributed by atoms with van der Waals surface area (Å²) in [5.41, 5.74) is 12.0. The minimum absolute atomic E-state index is 0. The van der Waals surface area contributed by atoms with Gasteiger partial charge in [0.2, 0.25) is 0 Å². The predicted molar refractivity (Wildman–Crippen MR) is 537 cm³/mol. The zero-order valence-electron chi connectivity index (χ0n) is 72.6. The molecule has 1 aliphatic rings. The first kappa shape index (κ1) is 94.8. The molecule has 0 N–H and O–H groups in total. The molecule has 644 valence electrons. The van der Waals surface area contributed by atoms with Crippen molar-refractivity contribution < 1.29 is 85.0 Å². The zero-order chi connectivity index (χ0) is 85.6. The van der Waals surface area contributed by atoms with E-state index in [9.17, 15) is 0 Å². The Hall–Kier alpha value is -10.3. The zero-order valence-corrected chi connectivity index (χ0v) is 85.8. The quantitative estimate of drug-likeness (QED) is 0.0440. The minimum Gasteiger partial charge on any atom is -0.310 e. The third kappa shape index (κ3) is 19.7. The average Bonchev–Trinajstić information content (AvgIpc) is 0.691. The molecule has 0 aliphatic heterocycles. The maximum absolute atomic E-state index is 15.5. The Balaban J connectivity index is 0.000000138. The molecular weight excluding hydrogens is 2360 g/mol. The maximum Gasteiger partial charge on any atom is 0.153 e. The van der Waals surface area contributed by atoms with E-state index in [2.05, 4.69) is 363 Å². The van der Waals surface area contributed by atoms with E-state index in [1.165, 1.54) is 85.8 Å². The van der Waals surface area contributed by atoms with Gasteiger partial charge in [-0.1, -0.05) is 364 Å². The molecule has 0 saturated heterocycles. The molecule has 0 saturated carbocycles. The van der Waals surface area contributed by atoms with Crippen molar-refractivity contribution in [2.75, 3.05) is 0 Å². The molecule has 1 aliphatic carbocycles. The van der Waals surface area contributed by atoms with Crippen molar-refractivity contribution in [1.82, 2.24) is 24.9 Å². The number of nitrogens with zero attached hydrogens (tertiary/aromatic N) is 5. The molecule has 14 heteroatoms. The summed E-state index contributed by atoms with van der Waals surface area (Å²) in [5.74, 6) is 0. The second-order valence-electron chi connectivity index (χ2n) is 33.1. The van der Waals surface area contributed by atoms with Crippen molar-refractivity contribution in [2.24, 2.45) is 0 Å². The molecule has 6 nitrogen and oxygen atoms in total. The van der Waals surface area contributed by atoms with Crippen molar-refractivity contribution in [3.8, 4) is 45.0 Å². The third-order valence-corrected chi connectivity index (χ3v) is 35.4. The van der Waals surface area contributed by atoms with Crippen molar-refractivity contribution in [3.05, 3.63) is 442 Å². The van der Waals surface area contributed by atoms with Crippen LogP contribution in [0.5, 0.6) is 0 Å². The molecule has 5 heterocycles. The van der Waals surface area contributed by atoms with Crippen LogP contribution in [0.15, 0.2) is 407 Å². The van der Waals surface area contributed by atoms with Crippen LogP contribution in [0, 0.1) is 24.3 Å². The molecule has 4 radical (unpaired) electrons. The number of hydrogen-bond donors (Lipinski definition) is 0. The van der Waals surface area contributed by atoms with Gasteiger partial charge in [0.15, 0.2) is 7.14 Å². The Labute approximate surface area is 815 Å². The Bertz CT molecular complexity index is 7190. The van der Waals surface area contributed by atoms with Crippen LogP contribution in [0.25, 0.3) is 110 Å². The molecule has 5 aromatic heterocycles. The Morgan fingerprint density at radius 2 is 0.760 bits per heavy atom. The molecule has 0 atom stereocenters. The van der Waals surface area contributed by atoms with E-state index in [1.54, 1.807) is 0 Å². The van der Waals surface area contributed by atoms with E-state index in [-0.39, 0.29) is 99.2 Å². The topological polar surface area (TPSA) is 81.5 Å². The Morgan fingerprint density at radius 3 is 1.32 bits per heavy atom. The summed E-state index contributed by atoms with van der Waals surface area (Å²) in [6, 6.07) is 145. The molecular formula is C115H93Ir4N5OP4-4. The van der Waals surface area contributed by atoms with E-state index < -0.39 is 23.0 Å². The van der Waals surface area contributed by atoms with Gasteiger partial charge < -0.3 is 19.5 Å². The monoisotopic (exact) mass is 2460 g/mol. The molecule has 20 aromatic rings. The largest absolute Gasteiger partial charge is 0.310 e. The SMILES string of the molecule is CC(C)P(c1cc[c-]c(-c2nccc3cc4ccccc4cc23)c1)C(C)C.CC1(C)c2cc3ccccc3nc2-c2[c-]ccc(P(=O)(c3ccccc3)c3ccccc3)c2C1(C)C.[Ir].[Ir].[Ir].[Ir].[c-]1ccc(P(c2ccccc2)c2ccccc2)cc1-c1cc2ccc3ccccc3c2cn1.[c-]1ccc(P(c2ccccc2)c2ccccc2)cc1-c1nccc2cnccc12.